The van der Waals surface area contributed by atoms with E-state index >= 15 is 0 Å². The quantitative estimate of drug-likeness (QED) is 0.452. The van der Waals surface area contributed by atoms with Crippen LogP contribution in [0.15, 0.2) is 53.1 Å². The largest absolute Gasteiger partial charge is 0.338 e. The molecule has 1 fully saturated rings. The number of piperidine rings is 1. The zero-order valence-electron chi connectivity index (χ0n) is 15.2. The Morgan fingerprint density at radius 3 is 2.96 bits per heavy atom. The van der Waals surface area contributed by atoms with Gasteiger partial charge in [0.15, 0.2) is 0 Å². The molecule has 0 N–H and O–H groups in total. The molecule has 1 aliphatic heterocycles. The second kappa shape index (κ2) is 7.62. The number of nitrogens with zero attached hydrogens (tertiary/aromatic N) is 4. The molecule has 5 rings (SSSR count). The standard InChI is InChI=1S/C21H19ClN4OS/c22-16-7-3-5-14(11-16)20-24-19(27-25-20)13-26-10-4-6-15(12-26)21-23-17-8-1-2-9-18(17)28-21/h1-3,5,7-9,11,15H,4,6,10,12-13H2/t15-/m0/s1. The lowest BCUT2D eigenvalue weighted by Gasteiger charge is -2.30. The van der Waals surface area contributed by atoms with E-state index in [1.54, 1.807) is 0 Å². The Balaban J connectivity index is 1.29. The van der Waals surface area contributed by atoms with Crippen LogP contribution in [-0.2, 0) is 6.54 Å². The number of benzene rings is 2. The van der Waals surface area contributed by atoms with Crippen molar-refractivity contribution >= 4 is 33.2 Å². The molecular weight excluding hydrogens is 392 g/mol. The molecule has 0 radical (unpaired) electrons. The fourth-order valence-corrected chi connectivity index (χ4v) is 5.00. The Labute approximate surface area is 172 Å². The zero-order valence-corrected chi connectivity index (χ0v) is 16.8. The summed E-state index contributed by atoms with van der Waals surface area (Å²) in [5.74, 6) is 1.68. The lowest BCUT2D eigenvalue weighted by molar-refractivity contribution is 0.177. The Morgan fingerprint density at radius 2 is 2.07 bits per heavy atom. The van der Waals surface area contributed by atoms with Gasteiger partial charge < -0.3 is 4.52 Å². The van der Waals surface area contributed by atoms with Crippen molar-refractivity contribution in [2.75, 3.05) is 13.1 Å². The number of para-hydroxylation sites is 1. The van der Waals surface area contributed by atoms with E-state index in [9.17, 15) is 0 Å². The first kappa shape index (κ1) is 17.8. The minimum atomic E-state index is 0.460. The lowest BCUT2D eigenvalue weighted by Crippen LogP contribution is -2.33. The summed E-state index contributed by atoms with van der Waals surface area (Å²) in [5.41, 5.74) is 1.97. The van der Waals surface area contributed by atoms with E-state index in [2.05, 4.69) is 33.2 Å². The molecule has 0 saturated carbocycles. The number of rotatable bonds is 4. The summed E-state index contributed by atoms with van der Waals surface area (Å²) in [7, 11) is 0. The molecule has 1 atom stereocenters. The number of halogens is 1. The van der Waals surface area contributed by atoms with Gasteiger partial charge in [-0.05, 0) is 43.7 Å². The fourth-order valence-electron chi connectivity index (χ4n) is 3.72. The van der Waals surface area contributed by atoms with E-state index in [-0.39, 0.29) is 0 Å². The minimum absolute atomic E-state index is 0.460. The van der Waals surface area contributed by atoms with Crippen LogP contribution in [0.2, 0.25) is 5.02 Å². The maximum absolute atomic E-state index is 6.06. The predicted molar refractivity (Wildman–Crippen MR) is 112 cm³/mol. The molecule has 28 heavy (non-hydrogen) atoms. The highest BCUT2D eigenvalue weighted by atomic mass is 35.5. The summed E-state index contributed by atoms with van der Waals surface area (Å²) >= 11 is 7.87. The van der Waals surface area contributed by atoms with Gasteiger partial charge in [-0.1, -0.05) is 41.0 Å². The third-order valence-electron chi connectivity index (χ3n) is 5.07. The van der Waals surface area contributed by atoms with E-state index in [0.717, 1.165) is 30.6 Å². The van der Waals surface area contributed by atoms with Crippen molar-refractivity contribution < 1.29 is 4.52 Å². The van der Waals surface area contributed by atoms with Crippen molar-refractivity contribution in [2.24, 2.45) is 0 Å². The second-order valence-corrected chi connectivity index (χ2v) is 8.61. The van der Waals surface area contributed by atoms with Gasteiger partial charge in [0.1, 0.15) is 0 Å². The van der Waals surface area contributed by atoms with Gasteiger partial charge in [0, 0.05) is 23.0 Å². The average Bonchev–Trinajstić information content (AvgIpc) is 3.35. The Bertz CT molecular complexity index is 1080. The summed E-state index contributed by atoms with van der Waals surface area (Å²) < 4.78 is 6.75. The number of thiazole rings is 1. The number of fused-ring (bicyclic) bond motifs is 1. The SMILES string of the molecule is Clc1cccc(-c2noc(CN3CCC[C@H](c4nc5ccccc5s4)C3)n2)c1. The molecule has 0 spiro atoms. The van der Waals surface area contributed by atoms with Gasteiger partial charge in [-0.25, -0.2) is 4.98 Å². The van der Waals surface area contributed by atoms with Gasteiger partial charge >= 0.3 is 0 Å². The second-order valence-electron chi connectivity index (χ2n) is 7.12. The third kappa shape index (κ3) is 3.68. The van der Waals surface area contributed by atoms with Crippen molar-refractivity contribution in [3.8, 4) is 11.4 Å². The van der Waals surface area contributed by atoms with E-state index in [1.807, 2.05) is 41.7 Å². The molecule has 5 nitrogen and oxygen atoms in total. The van der Waals surface area contributed by atoms with Crippen LogP contribution in [0.3, 0.4) is 0 Å². The van der Waals surface area contributed by atoms with Crippen molar-refractivity contribution in [1.29, 1.82) is 0 Å². The van der Waals surface area contributed by atoms with Gasteiger partial charge in [0.2, 0.25) is 11.7 Å². The number of likely N-dealkylation sites (tertiary alicyclic amines) is 1. The molecule has 0 amide bonds. The predicted octanol–water partition coefficient (Wildman–Crippen LogP) is 5.38. The normalized spacial score (nSPS) is 18.0. The van der Waals surface area contributed by atoms with Crippen LogP contribution >= 0.6 is 22.9 Å². The molecular formula is C21H19ClN4OS. The minimum Gasteiger partial charge on any atom is -0.338 e. The maximum Gasteiger partial charge on any atom is 0.241 e. The fraction of sp³-hybridized carbons (Fsp3) is 0.286. The zero-order chi connectivity index (χ0) is 18.9. The number of hydrogen-bond donors (Lipinski definition) is 0. The van der Waals surface area contributed by atoms with Crippen LogP contribution in [0.4, 0.5) is 0 Å². The van der Waals surface area contributed by atoms with Crippen LogP contribution < -0.4 is 0 Å². The lowest BCUT2D eigenvalue weighted by atomic mass is 9.99. The first-order valence-corrected chi connectivity index (χ1v) is 10.6. The molecule has 2 aromatic heterocycles. The van der Waals surface area contributed by atoms with Gasteiger partial charge in [0.25, 0.3) is 0 Å². The molecule has 1 saturated heterocycles. The Hall–Kier alpha value is -2.28. The van der Waals surface area contributed by atoms with Crippen LogP contribution in [0, 0.1) is 0 Å². The molecule has 1 aliphatic rings. The summed E-state index contributed by atoms with van der Waals surface area (Å²) in [5, 5.41) is 6.02. The van der Waals surface area contributed by atoms with Crippen LogP contribution in [-0.4, -0.2) is 33.1 Å². The highest BCUT2D eigenvalue weighted by molar-refractivity contribution is 7.18. The number of aromatic nitrogens is 3. The molecule has 0 unspecified atom stereocenters. The molecule has 4 aromatic rings. The maximum atomic E-state index is 6.06. The molecule has 142 valence electrons. The topological polar surface area (TPSA) is 55.1 Å². The van der Waals surface area contributed by atoms with Crippen molar-refractivity contribution in [1.82, 2.24) is 20.0 Å². The van der Waals surface area contributed by atoms with Crippen molar-refractivity contribution in [2.45, 2.75) is 25.3 Å². The van der Waals surface area contributed by atoms with Gasteiger partial charge in [-0.3, -0.25) is 4.90 Å². The first-order chi connectivity index (χ1) is 13.7. The molecule has 7 heteroatoms. The molecule has 0 aliphatic carbocycles. The van der Waals surface area contributed by atoms with E-state index in [0.29, 0.717) is 29.2 Å². The van der Waals surface area contributed by atoms with E-state index in [1.165, 1.54) is 16.1 Å². The monoisotopic (exact) mass is 410 g/mol. The van der Waals surface area contributed by atoms with Gasteiger partial charge in [0.05, 0.1) is 21.8 Å². The van der Waals surface area contributed by atoms with Gasteiger partial charge in [-0.2, -0.15) is 4.98 Å². The van der Waals surface area contributed by atoms with Crippen LogP contribution in [0.25, 0.3) is 21.6 Å². The summed E-state index contributed by atoms with van der Waals surface area (Å²) in [4.78, 5) is 11.8. The Kier molecular flexibility index (Phi) is 4.84. The summed E-state index contributed by atoms with van der Waals surface area (Å²) in [6, 6.07) is 15.9. The van der Waals surface area contributed by atoms with Gasteiger partial charge in [-0.15, -0.1) is 11.3 Å². The summed E-state index contributed by atoms with van der Waals surface area (Å²) in [6.45, 7) is 2.67. The smallest absolute Gasteiger partial charge is 0.241 e. The molecule has 2 aromatic carbocycles. The van der Waals surface area contributed by atoms with Crippen molar-refractivity contribution in [3.63, 3.8) is 0 Å². The van der Waals surface area contributed by atoms with E-state index < -0.39 is 0 Å². The first-order valence-electron chi connectivity index (χ1n) is 9.41. The van der Waals surface area contributed by atoms with Crippen molar-refractivity contribution in [3.05, 3.63) is 64.5 Å². The summed E-state index contributed by atoms with van der Waals surface area (Å²) in [6.07, 6.45) is 2.32. The molecule has 3 heterocycles. The highest BCUT2D eigenvalue weighted by Crippen LogP contribution is 2.33. The van der Waals surface area contributed by atoms with Crippen LogP contribution in [0.5, 0.6) is 0 Å². The van der Waals surface area contributed by atoms with Crippen LogP contribution in [0.1, 0.15) is 29.7 Å². The number of hydrogen-bond acceptors (Lipinski definition) is 6. The highest BCUT2D eigenvalue weighted by Gasteiger charge is 2.25. The van der Waals surface area contributed by atoms with E-state index in [4.69, 9.17) is 21.1 Å². The average molecular weight is 411 g/mol. The molecule has 0 bridgehead atoms. The Morgan fingerprint density at radius 1 is 1.14 bits per heavy atom. The third-order valence-corrected chi connectivity index (χ3v) is 6.51.